The zero-order chi connectivity index (χ0) is 14.5. The Kier molecular flexibility index (Phi) is 5.29. The monoisotopic (exact) mass is 277 g/mol. The van der Waals surface area contributed by atoms with Crippen LogP contribution in [-0.2, 0) is 0 Å². The first-order valence-electron chi connectivity index (χ1n) is 7.81. The van der Waals surface area contributed by atoms with Crippen LogP contribution in [0.5, 0.6) is 0 Å². The summed E-state index contributed by atoms with van der Waals surface area (Å²) in [5, 5.41) is 12.2. The van der Waals surface area contributed by atoms with Crippen LogP contribution >= 0.6 is 0 Å². The van der Waals surface area contributed by atoms with Gasteiger partial charge in [-0.3, -0.25) is 0 Å². The third kappa shape index (κ3) is 3.45. The number of nitrogens with one attached hydrogen (secondary N) is 1. The minimum atomic E-state index is 0.459. The minimum absolute atomic E-state index is 0.459. The van der Waals surface area contributed by atoms with E-state index >= 15 is 0 Å². The van der Waals surface area contributed by atoms with Crippen LogP contribution in [0.15, 0.2) is 0 Å². The standard InChI is InChI=1S/C15H27N5/c1-5-9-16-13(4)14-8-6-7-10-20(14)15-17-11(2)12(3)18-19-15/h13-14,16H,5-10H2,1-4H3. The van der Waals surface area contributed by atoms with Gasteiger partial charge in [-0.25, -0.2) is 4.98 Å². The molecule has 0 aromatic carbocycles. The third-order valence-electron chi connectivity index (χ3n) is 4.18. The van der Waals surface area contributed by atoms with Crippen LogP contribution in [-0.4, -0.2) is 40.4 Å². The molecule has 5 heteroatoms. The first-order chi connectivity index (χ1) is 9.63. The summed E-state index contributed by atoms with van der Waals surface area (Å²) in [6.07, 6.45) is 4.87. The molecule has 1 aromatic rings. The molecule has 2 rings (SSSR count). The van der Waals surface area contributed by atoms with Gasteiger partial charge in [0.05, 0.1) is 11.4 Å². The summed E-state index contributed by atoms with van der Waals surface area (Å²) in [5.74, 6) is 0.794. The fourth-order valence-corrected chi connectivity index (χ4v) is 2.80. The molecule has 2 unspecified atom stereocenters. The molecular formula is C15H27N5. The summed E-state index contributed by atoms with van der Waals surface area (Å²) in [7, 11) is 0. The fourth-order valence-electron chi connectivity index (χ4n) is 2.80. The number of anilines is 1. The Hall–Kier alpha value is -1.23. The van der Waals surface area contributed by atoms with E-state index < -0.39 is 0 Å². The van der Waals surface area contributed by atoms with Gasteiger partial charge in [0.1, 0.15) is 0 Å². The summed E-state index contributed by atoms with van der Waals surface area (Å²) < 4.78 is 0. The molecule has 1 saturated heterocycles. The quantitative estimate of drug-likeness (QED) is 0.894. The maximum absolute atomic E-state index is 4.63. The molecule has 5 nitrogen and oxygen atoms in total. The van der Waals surface area contributed by atoms with Crippen molar-refractivity contribution < 1.29 is 0 Å². The lowest BCUT2D eigenvalue weighted by molar-refractivity contribution is 0.363. The number of hydrogen-bond donors (Lipinski definition) is 1. The van der Waals surface area contributed by atoms with Crippen LogP contribution in [0.25, 0.3) is 0 Å². The van der Waals surface area contributed by atoms with Crippen LogP contribution in [0.2, 0.25) is 0 Å². The lowest BCUT2D eigenvalue weighted by Crippen LogP contribution is -2.52. The van der Waals surface area contributed by atoms with E-state index in [1.54, 1.807) is 0 Å². The van der Waals surface area contributed by atoms with Crippen molar-refractivity contribution in [3.05, 3.63) is 11.4 Å². The van der Waals surface area contributed by atoms with Crippen molar-refractivity contribution in [2.24, 2.45) is 0 Å². The predicted octanol–water partition coefficient (Wildman–Crippen LogP) is 2.24. The van der Waals surface area contributed by atoms with Gasteiger partial charge in [-0.15, -0.1) is 5.10 Å². The Balaban J connectivity index is 2.15. The van der Waals surface area contributed by atoms with Gasteiger partial charge in [0, 0.05) is 18.6 Å². The molecule has 20 heavy (non-hydrogen) atoms. The van der Waals surface area contributed by atoms with Crippen LogP contribution in [0.4, 0.5) is 5.95 Å². The molecule has 0 radical (unpaired) electrons. The lowest BCUT2D eigenvalue weighted by Gasteiger charge is -2.39. The molecule has 1 aliphatic heterocycles. The van der Waals surface area contributed by atoms with Gasteiger partial charge < -0.3 is 10.2 Å². The van der Waals surface area contributed by atoms with E-state index in [-0.39, 0.29) is 0 Å². The van der Waals surface area contributed by atoms with Crippen LogP contribution < -0.4 is 10.2 Å². The maximum atomic E-state index is 4.63. The summed E-state index contributed by atoms with van der Waals surface area (Å²) in [5.41, 5.74) is 1.90. The van der Waals surface area contributed by atoms with Crippen molar-refractivity contribution in [3.8, 4) is 0 Å². The van der Waals surface area contributed by atoms with E-state index in [1.807, 2.05) is 13.8 Å². The van der Waals surface area contributed by atoms with Crippen LogP contribution in [0.1, 0.15) is 50.9 Å². The molecule has 1 fully saturated rings. The van der Waals surface area contributed by atoms with Crippen molar-refractivity contribution in [1.82, 2.24) is 20.5 Å². The van der Waals surface area contributed by atoms with Crippen LogP contribution in [0.3, 0.4) is 0 Å². The van der Waals surface area contributed by atoms with Crippen molar-refractivity contribution in [2.45, 2.75) is 65.5 Å². The summed E-state index contributed by atoms with van der Waals surface area (Å²) in [6, 6.07) is 0.930. The zero-order valence-corrected chi connectivity index (χ0v) is 13.2. The van der Waals surface area contributed by atoms with Crippen molar-refractivity contribution >= 4 is 5.95 Å². The average Bonchev–Trinajstić information content (AvgIpc) is 2.47. The molecule has 1 aromatic heterocycles. The van der Waals surface area contributed by atoms with E-state index in [0.29, 0.717) is 12.1 Å². The number of aromatic nitrogens is 3. The molecule has 2 atom stereocenters. The summed E-state index contributed by atoms with van der Waals surface area (Å²) >= 11 is 0. The summed E-state index contributed by atoms with van der Waals surface area (Å²) in [4.78, 5) is 6.98. The van der Waals surface area contributed by atoms with Gasteiger partial charge in [0.25, 0.3) is 0 Å². The van der Waals surface area contributed by atoms with E-state index in [1.165, 1.54) is 25.7 Å². The molecule has 0 bridgehead atoms. The number of hydrogen-bond acceptors (Lipinski definition) is 5. The fraction of sp³-hybridized carbons (Fsp3) is 0.800. The van der Waals surface area contributed by atoms with Crippen molar-refractivity contribution in [2.75, 3.05) is 18.0 Å². The molecule has 112 valence electrons. The van der Waals surface area contributed by atoms with Gasteiger partial charge in [0.2, 0.25) is 5.95 Å². The largest absolute Gasteiger partial charge is 0.335 e. The average molecular weight is 277 g/mol. The highest BCUT2D eigenvalue weighted by Gasteiger charge is 2.29. The highest BCUT2D eigenvalue weighted by molar-refractivity contribution is 5.33. The second-order valence-electron chi connectivity index (χ2n) is 5.78. The molecule has 1 aliphatic rings. The van der Waals surface area contributed by atoms with Crippen molar-refractivity contribution in [3.63, 3.8) is 0 Å². The van der Waals surface area contributed by atoms with Gasteiger partial charge in [-0.2, -0.15) is 5.10 Å². The first kappa shape index (κ1) is 15.2. The van der Waals surface area contributed by atoms with Gasteiger partial charge in [0.15, 0.2) is 0 Å². The second kappa shape index (κ2) is 6.97. The topological polar surface area (TPSA) is 53.9 Å². The molecular weight excluding hydrogens is 250 g/mol. The summed E-state index contributed by atoms with van der Waals surface area (Å²) in [6.45, 7) is 10.5. The molecule has 0 aliphatic carbocycles. The Morgan fingerprint density at radius 2 is 2.05 bits per heavy atom. The van der Waals surface area contributed by atoms with E-state index in [4.69, 9.17) is 0 Å². The number of piperidine rings is 1. The number of aryl methyl sites for hydroxylation is 2. The van der Waals surface area contributed by atoms with Gasteiger partial charge >= 0.3 is 0 Å². The lowest BCUT2D eigenvalue weighted by atomic mass is 9.96. The van der Waals surface area contributed by atoms with E-state index in [0.717, 1.165) is 30.4 Å². The maximum Gasteiger partial charge on any atom is 0.245 e. The highest BCUT2D eigenvalue weighted by Crippen LogP contribution is 2.24. The third-order valence-corrected chi connectivity index (χ3v) is 4.18. The Labute approximate surface area is 122 Å². The van der Waals surface area contributed by atoms with Crippen LogP contribution in [0, 0.1) is 13.8 Å². The molecule has 2 heterocycles. The highest BCUT2D eigenvalue weighted by atomic mass is 15.3. The second-order valence-corrected chi connectivity index (χ2v) is 5.78. The van der Waals surface area contributed by atoms with E-state index in [9.17, 15) is 0 Å². The van der Waals surface area contributed by atoms with E-state index in [2.05, 4.69) is 39.2 Å². The van der Waals surface area contributed by atoms with Gasteiger partial charge in [-0.1, -0.05) is 6.92 Å². The molecule has 0 amide bonds. The smallest absolute Gasteiger partial charge is 0.245 e. The predicted molar refractivity (Wildman–Crippen MR) is 82.0 cm³/mol. The zero-order valence-electron chi connectivity index (χ0n) is 13.2. The first-order valence-corrected chi connectivity index (χ1v) is 7.81. The molecule has 1 N–H and O–H groups in total. The molecule has 0 saturated carbocycles. The Bertz CT molecular complexity index is 434. The number of nitrogens with zero attached hydrogens (tertiary/aromatic N) is 4. The Morgan fingerprint density at radius 3 is 2.75 bits per heavy atom. The SMILES string of the molecule is CCCNC(C)C1CCCCN1c1nnc(C)c(C)n1. The number of rotatable bonds is 5. The minimum Gasteiger partial charge on any atom is -0.335 e. The molecule has 0 spiro atoms. The van der Waals surface area contributed by atoms with Crippen molar-refractivity contribution in [1.29, 1.82) is 0 Å². The van der Waals surface area contributed by atoms with Gasteiger partial charge in [-0.05, 0) is 53.0 Å². The normalized spacial score (nSPS) is 21.0. The Morgan fingerprint density at radius 1 is 1.25 bits per heavy atom.